The Hall–Kier alpha value is -4.99. The Kier molecular flexibility index (Phi) is 6.28. The molecule has 0 aliphatic carbocycles. The maximum absolute atomic E-state index is 13.6. The quantitative estimate of drug-likeness (QED) is 0.361. The molecule has 0 radical (unpaired) electrons. The minimum absolute atomic E-state index is 0.0702. The average Bonchev–Trinajstić information content (AvgIpc) is 3.42. The molecule has 1 aromatic heterocycles. The van der Waals surface area contributed by atoms with Crippen LogP contribution >= 0.6 is 0 Å². The normalized spacial score (nSPS) is 13.3. The van der Waals surface area contributed by atoms with Crippen LogP contribution in [0.3, 0.4) is 0 Å². The van der Waals surface area contributed by atoms with Crippen LogP contribution in [-0.2, 0) is 11.3 Å². The van der Waals surface area contributed by atoms with Crippen molar-refractivity contribution in [2.45, 2.75) is 13.5 Å². The van der Waals surface area contributed by atoms with Crippen molar-refractivity contribution in [2.75, 3.05) is 31.9 Å². The van der Waals surface area contributed by atoms with Gasteiger partial charge in [0.1, 0.15) is 25.5 Å². The molecule has 6 rings (SSSR count). The summed E-state index contributed by atoms with van der Waals surface area (Å²) in [4.78, 5) is 40.1. The fraction of sp³-hybridized carbons (Fsp3) is 0.207. The number of fused-ring (bicyclic) bond motifs is 3. The van der Waals surface area contributed by atoms with Crippen LogP contribution in [-0.4, -0.2) is 42.9 Å². The lowest BCUT2D eigenvalue weighted by atomic mass is 10.0. The molecule has 2 aliphatic rings. The minimum Gasteiger partial charge on any atom is -0.494 e. The zero-order valence-corrected chi connectivity index (χ0v) is 21.0. The molecule has 1 amide bonds. The highest BCUT2D eigenvalue weighted by molar-refractivity contribution is 6.10. The molecular weight excluding hydrogens is 504 g/mol. The monoisotopic (exact) mass is 528 g/mol. The molecular formula is C29H24N2O8. The Bertz CT molecular complexity index is 1660. The number of aromatic nitrogens is 1. The molecule has 1 N–H and O–H groups in total. The van der Waals surface area contributed by atoms with Crippen LogP contribution in [0.5, 0.6) is 28.7 Å². The molecule has 39 heavy (non-hydrogen) atoms. The van der Waals surface area contributed by atoms with Crippen LogP contribution in [0.15, 0.2) is 65.6 Å². The number of amides is 1. The van der Waals surface area contributed by atoms with Gasteiger partial charge < -0.3 is 33.6 Å². The van der Waals surface area contributed by atoms with E-state index in [1.807, 2.05) is 6.92 Å². The van der Waals surface area contributed by atoms with Gasteiger partial charge in [-0.15, -0.1) is 0 Å². The number of benzene rings is 3. The van der Waals surface area contributed by atoms with E-state index in [4.69, 9.17) is 23.7 Å². The maximum Gasteiger partial charge on any atom is 0.244 e. The summed E-state index contributed by atoms with van der Waals surface area (Å²) in [6.45, 7) is 3.02. The van der Waals surface area contributed by atoms with Crippen molar-refractivity contribution in [2.24, 2.45) is 0 Å². The molecule has 10 nitrogen and oxygen atoms in total. The van der Waals surface area contributed by atoms with Gasteiger partial charge in [-0.25, -0.2) is 0 Å². The molecule has 0 fully saturated rings. The van der Waals surface area contributed by atoms with Crippen LogP contribution in [0.1, 0.15) is 22.8 Å². The van der Waals surface area contributed by atoms with Gasteiger partial charge in [0.05, 0.1) is 23.1 Å². The summed E-state index contributed by atoms with van der Waals surface area (Å²) in [7, 11) is 0. The number of pyridine rings is 1. The van der Waals surface area contributed by atoms with Crippen molar-refractivity contribution in [3.8, 4) is 28.7 Å². The summed E-state index contributed by atoms with van der Waals surface area (Å²) in [6.07, 6.45) is 1.42. The van der Waals surface area contributed by atoms with Crippen LogP contribution in [0, 0.1) is 0 Å². The number of anilines is 1. The van der Waals surface area contributed by atoms with E-state index in [1.165, 1.54) is 6.20 Å². The lowest BCUT2D eigenvalue weighted by molar-refractivity contribution is -0.116. The number of nitrogens with one attached hydrogen (secondary N) is 1. The largest absolute Gasteiger partial charge is 0.494 e. The number of hydrogen-bond donors (Lipinski definition) is 1. The van der Waals surface area contributed by atoms with Crippen LogP contribution in [0.2, 0.25) is 0 Å². The van der Waals surface area contributed by atoms with Crippen LogP contribution < -0.4 is 34.4 Å². The molecule has 0 spiro atoms. The number of hydrogen-bond acceptors (Lipinski definition) is 8. The van der Waals surface area contributed by atoms with E-state index in [-0.39, 0.29) is 30.2 Å². The molecule has 2 aliphatic heterocycles. The first kappa shape index (κ1) is 24.4. The SMILES string of the molecule is CCOc1ccc(C(=O)c2cn(CC(=O)Nc3ccc4c(c3)OCO4)c3cc4c(cc3c2=O)OCCO4)cc1. The van der Waals surface area contributed by atoms with Gasteiger partial charge in [0.2, 0.25) is 18.1 Å². The van der Waals surface area contributed by atoms with Gasteiger partial charge in [0.15, 0.2) is 28.8 Å². The lowest BCUT2D eigenvalue weighted by Gasteiger charge is -2.20. The molecule has 0 bridgehead atoms. The number of carbonyl (C=O) groups excluding carboxylic acids is 2. The highest BCUT2D eigenvalue weighted by atomic mass is 16.7. The highest BCUT2D eigenvalue weighted by Gasteiger charge is 2.22. The molecule has 10 heteroatoms. The highest BCUT2D eigenvalue weighted by Crippen LogP contribution is 2.35. The molecule has 3 aromatic carbocycles. The second-order valence-corrected chi connectivity index (χ2v) is 8.92. The fourth-order valence-corrected chi connectivity index (χ4v) is 4.57. The summed E-state index contributed by atoms with van der Waals surface area (Å²) in [5.74, 6) is 1.79. The number of ketones is 1. The Morgan fingerprint density at radius 1 is 0.897 bits per heavy atom. The number of ether oxygens (including phenoxy) is 5. The molecule has 0 saturated carbocycles. The summed E-state index contributed by atoms with van der Waals surface area (Å²) in [5, 5.41) is 3.07. The molecule has 198 valence electrons. The number of carbonyl (C=O) groups is 2. The molecule has 0 saturated heterocycles. The van der Waals surface area contributed by atoms with Gasteiger partial charge in [0, 0.05) is 29.6 Å². The first-order valence-corrected chi connectivity index (χ1v) is 12.4. The lowest BCUT2D eigenvalue weighted by Crippen LogP contribution is -2.25. The van der Waals surface area contributed by atoms with Gasteiger partial charge in [0.25, 0.3) is 0 Å². The van der Waals surface area contributed by atoms with Crippen molar-refractivity contribution in [3.63, 3.8) is 0 Å². The van der Waals surface area contributed by atoms with Crippen LogP contribution in [0.4, 0.5) is 5.69 Å². The van der Waals surface area contributed by atoms with E-state index < -0.39 is 11.2 Å². The predicted octanol–water partition coefficient (Wildman–Crippen LogP) is 3.77. The maximum atomic E-state index is 13.6. The number of rotatable bonds is 7. The Morgan fingerprint density at radius 2 is 1.62 bits per heavy atom. The van der Waals surface area contributed by atoms with Gasteiger partial charge in [-0.2, -0.15) is 0 Å². The second-order valence-electron chi connectivity index (χ2n) is 8.92. The molecule has 0 unspecified atom stereocenters. The van der Waals surface area contributed by atoms with Crippen molar-refractivity contribution >= 4 is 28.3 Å². The van der Waals surface area contributed by atoms with E-state index >= 15 is 0 Å². The van der Waals surface area contributed by atoms with E-state index in [2.05, 4.69) is 5.32 Å². The Balaban J connectivity index is 1.38. The molecule has 4 aromatic rings. The zero-order chi connectivity index (χ0) is 26.9. The predicted molar refractivity (Wildman–Crippen MR) is 141 cm³/mol. The third-order valence-electron chi connectivity index (χ3n) is 6.39. The standard InChI is InChI=1S/C29H24N2O8/c1-2-35-19-6-3-17(4-7-19)28(33)21-14-31(15-27(32)30-18-5-8-23-24(11-18)39-16-38-23)22-13-26-25(36-9-10-37-26)12-20(22)29(21)34/h3-8,11-14H,2,9-10,15-16H2,1H3,(H,30,32). The van der Waals surface area contributed by atoms with Crippen molar-refractivity contribution in [3.05, 3.63) is 82.1 Å². The smallest absolute Gasteiger partial charge is 0.244 e. The summed E-state index contributed by atoms with van der Waals surface area (Å²) < 4.78 is 29.1. The van der Waals surface area contributed by atoms with E-state index in [9.17, 15) is 14.4 Å². The van der Waals surface area contributed by atoms with E-state index in [1.54, 1.807) is 59.2 Å². The first-order chi connectivity index (χ1) is 19.0. The van der Waals surface area contributed by atoms with Gasteiger partial charge in [-0.05, 0) is 49.4 Å². The van der Waals surface area contributed by atoms with E-state index in [0.29, 0.717) is 65.3 Å². The van der Waals surface area contributed by atoms with Crippen molar-refractivity contribution in [1.29, 1.82) is 0 Å². The average molecular weight is 529 g/mol. The zero-order valence-electron chi connectivity index (χ0n) is 21.0. The van der Waals surface area contributed by atoms with Crippen molar-refractivity contribution < 1.29 is 33.3 Å². The van der Waals surface area contributed by atoms with Gasteiger partial charge in [-0.3, -0.25) is 14.4 Å². The molecule has 3 heterocycles. The fourth-order valence-electron chi connectivity index (χ4n) is 4.57. The summed E-state index contributed by atoms with van der Waals surface area (Å²) >= 11 is 0. The third kappa shape index (κ3) is 4.72. The molecule has 0 atom stereocenters. The number of nitrogens with zero attached hydrogens (tertiary/aromatic N) is 1. The van der Waals surface area contributed by atoms with Gasteiger partial charge in [-0.1, -0.05) is 0 Å². The third-order valence-corrected chi connectivity index (χ3v) is 6.39. The topological polar surface area (TPSA) is 114 Å². The Labute approximate surface area is 222 Å². The van der Waals surface area contributed by atoms with E-state index in [0.717, 1.165) is 0 Å². The summed E-state index contributed by atoms with van der Waals surface area (Å²) in [5.41, 5.74) is 0.749. The Morgan fingerprint density at radius 3 is 2.38 bits per heavy atom. The van der Waals surface area contributed by atoms with Gasteiger partial charge >= 0.3 is 0 Å². The van der Waals surface area contributed by atoms with Crippen molar-refractivity contribution in [1.82, 2.24) is 4.57 Å². The second kappa shape index (κ2) is 10.1. The van der Waals surface area contributed by atoms with Crippen LogP contribution in [0.25, 0.3) is 10.9 Å². The first-order valence-electron chi connectivity index (χ1n) is 12.4. The summed E-state index contributed by atoms with van der Waals surface area (Å²) in [6, 6.07) is 14.9. The minimum atomic E-state index is -0.468.